The van der Waals surface area contributed by atoms with E-state index in [1.54, 1.807) is 0 Å². The second kappa shape index (κ2) is 10.6. The third kappa shape index (κ3) is 5.76. The molecule has 0 spiro atoms. The van der Waals surface area contributed by atoms with Gasteiger partial charge < -0.3 is 14.3 Å². The Hall–Kier alpha value is -2.93. The van der Waals surface area contributed by atoms with Crippen molar-refractivity contribution in [2.45, 2.75) is 73.0 Å². The van der Waals surface area contributed by atoms with E-state index in [9.17, 15) is 4.79 Å². The Morgan fingerprint density at radius 2 is 1.79 bits per heavy atom. The molecule has 7 heteroatoms. The Labute approximate surface area is 202 Å². The van der Waals surface area contributed by atoms with Gasteiger partial charge in [0.05, 0.1) is 12.6 Å². The first kappa shape index (κ1) is 24.2. The van der Waals surface area contributed by atoms with E-state index in [1.165, 1.54) is 0 Å². The Kier molecular flexibility index (Phi) is 7.51. The van der Waals surface area contributed by atoms with Crippen LogP contribution in [0.15, 0.2) is 34.7 Å². The average Bonchev–Trinajstić information content (AvgIpc) is 3.35. The number of aromatic nitrogens is 3. The van der Waals surface area contributed by atoms with Gasteiger partial charge >= 0.3 is 0 Å². The highest BCUT2D eigenvalue weighted by Crippen LogP contribution is 2.24. The summed E-state index contributed by atoms with van der Waals surface area (Å²) >= 11 is 0. The molecule has 0 saturated carbocycles. The number of amides is 1. The second-order valence-electron chi connectivity index (χ2n) is 9.91. The predicted octanol–water partition coefficient (Wildman–Crippen LogP) is 4.63. The van der Waals surface area contributed by atoms with Gasteiger partial charge in [0.25, 0.3) is 5.91 Å². The molecule has 4 rings (SSSR count). The first-order valence-electron chi connectivity index (χ1n) is 12.4. The number of benzene rings is 1. The van der Waals surface area contributed by atoms with E-state index in [0.29, 0.717) is 11.5 Å². The van der Waals surface area contributed by atoms with Crippen LogP contribution in [0.4, 0.5) is 0 Å². The molecule has 1 N–H and O–H groups in total. The van der Waals surface area contributed by atoms with Crippen molar-refractivity contribution >= 4 is 5.91 Å². The van der Waals surface area contributed by atoms with Crippen molar-refractivity contribution < 1.29 is 9.21 Å². The van der Waals surface area contributed by atoms with Crippen LogP contribution in [0.3, 0.4) is 0 Å². The lowest BCUT2D eigenvalue weighted by atomic mass is 10.0. The monoisotopic (exact) mass is 463 g/mol. The Morgan fingerprint density at radius 1 is 1.06 bits per heavy atom. The number of carbonyl (C=O) groups is 1. The van der Waals surface area contributed by atoms with Crippen molar-refractivity contribution in [1.82, 2.24) is 25.0 Å². The fourth-order valence-electron chi connectivity index (χ4n) is 4.77. The molecule has 0 aliphatic carbocycles. The number of carbonyl (C=O) groups excluding carboxylic acids is 1. The summed E-state index contributed by atoms with van der Waals surface area (Å²) in [4.78, 5) is 15.6. The minimum absolute atomic E-state index is 0.0606. The topological polar surface area (TPSA) is 76.2 Å². The van der Waals surface area contributed by atoms with Crippen LogP contribution in [0, 0.1) is 19.8 Å². The lowest BCUT2D eigenvalue weighted by molar-refractivity contribution is 0.0928. The zero-order valence-corrected chi connectivity index (χ0v) is 21.1. The zero-order valence-electron chi connectivity index (χ0n) is 21.1. The van der Waals surface area contributed by atoms with Crippen molar-refractivity contribution in [3.63, 3.8) is 0 Å². The number of hydrogen-bond donors (Lipinski definition) is 1. The van der Waals surface area contributed by atoms with Gasteiger partial charge in [-0.2, -0.15) is 0 Å². The summed E-state index contributed by atoms with van der Waals surface area (Å²) in [5.74, 6) is 4.23. The molecule has 1 atom stereocenters. The smallest absolute Gasteiger partial charge is 0.251 e. The van der Waals surface area contributed by atoms with Crippen LogP contribution < -0.4 is 5.32 Å². The van der Waals surface area contributed by atoms with Gasteiger partial charge in [-0.05, 0) is 50.5 Å². The molecule has 7 nitrogen and oxygen atoms in total. The number of furan rings is 1. The van der Waals surface area contributed by atoms with Gasteiger partial charge in [0, 0.05) is 38.0 Å². The zero-order chi connectivity index (χ0) is 24.2. The molecular weight excluding hydrogens is 426 g/mol. The summed E-state index contributed by atoms with van der Waals surface area (Å²) in [7, 11) is 0. The summed E-state index contributed by atoms with van der Waals surface area (Å²) in [6, 6.07) is 9.92. The maximum atomic E-state index is 13.2. The highest BCUT2D eigenvalue weighted by molar-refractivity contribution is 5.94. The maximum absolute atomic E-state index is 13.2. The van der Waals surface area contributed by atoms with Crippen molar-refractivity contribution in [3.05, 3.63) is 70.2 Å². The van der Waals surface area contributed by atoms with Crippen molar-refractivity contribution in [1.29, 1.82) is 0 Å². The molecule has 0 fully saturated rings. The number of fused-ring (bicyclic) bond motifs is 1. The van der Waals surface area contributed by atoms with Crippen LogP contribution in [-0.2, 0) is 25.9 Å². The molecule has 3 heterocycles. The molecule has 0 saturated heterocycles. The van der Waals surface area contributed by atoms with Crippen molar-refractivity contribution in [2.75, 3.05) is 13.1 Å². The fourth-order valence-corrected chi connectivity index (χ4v) is 4.77. The van der Waals surface area contributed by atoms with Gasteiger partial charge in [-0.25, -0.2) is 0 Å². The standard InChI is InChI=1S/C27H37N5O2/c1-6-22-7-8-23(34-22)17-31-10-9-25-29-30-26(32(25)12-11-31)24(13-18(2)3)28-27(33)21-15-19(4)14-20(5)16-21/h7-8,14-16,18,24H,6,9-13,17H2,1-5H3,(H,28,33)/t24-/m1/s1. The molecule has 0 radical (unpaired) electrons. The molecule has 1 aliphatic heterocycles. The molecule has 3 aromatic rings. The van der Waals surface area contributed by atoms with E-state index in [2.05, 4.69) is 64.0 Å². The van der Waals surface area contributed by atoms with E-state index in [0.717, 1.165) is 79.7 Å². The minimum atomic E-state index is -0.182. The number of hydrogen-bond acceptors (Lipinski definition) is 5. The van der Waals surface area contributed by atoms with E-state index in [1.807, 2.05) is 26.0 Å². The van der Waals surface area contributed by atoms with Gasteiger partial charge in [-0.15, -0.1) is 10.2 Å². The summed E-state index contributed by atoms with van der Waals surface area (Å²) in [6.45, 7) is 13.9. The Balaban J connectivity index is 1.50. The van der Waals surface area contributed by atoms with Crippen LogP contribution in [0.2, 0.25) is 0 Å². The lowest BCUT2D eigenvalue weighted by Gasteiger charge is -2.22. The summed E-state index contributed by atoms with van der Waals surface area (Å²) in [5.41, 5.74) is 2.87. The normalized spacial score (nSPS) is 15.2. The SMILES string of the molecule is CCc1ccc(CN2CCc3nnc([C@@H](CC(C)C)NC(=O)c4cc(C)cc(C)c4)n3CC2)o1. The van der Waals surface area contributed by atoms with Crippen LogP contribution in [0.25, 0.3) is 0 Å². The Bertz CT molecular complexity index is 1110. The van der Waals surface area contributed by atoms with Gasteiger partial charge in [0.2, 0.25) is 0 Å². The van der Waals surface area contributed by atoms with Crippen molar-refractivity contribution in [3.8, 4) is 0 Å². The molecule has 182 valence electrons. The first-order valence-corrected chi connectivity index (χ1v) is 12.4. The van der Waals surface area contributed by atoms with Gasteiger partial charge in [-0.1, -0.05) is 38.0 Å². The summed E-state index contributed by atoms with van der Waals surface area (Å²) < 4.78 is 8.14. The van der Waals surface area contributed by atoms with Crippen LogP contribution in [-0.4, -0.2) is 38.7 Å². The first-order chi connectivity index (χ1) is 16.3. The quantitative estimate of drug-likeness (QED) is 0.527. The largest absolute Gasteiger partial charge is 0.465 e. The molecule has 1 amide bonds. The molecule has 2 aromatic heterocycles. The Morgan fingerprint density at radius 3 is 2.47 bits per heavy atom. The number of nitrogens with one attached hydrogen (secondary N) is 1. The fraction of sp³-hybridized carbons (Fsp3) is 0.519. The molecule has 34 heavy (non-hydrogen) atoms. The highest BCUT2D eigenvalue weighted by atomic mass is 16.3. The van der Waals surface area contributed by atoms with Crippen LogP contribution in [0.1, 0.15) is 77.9 Å². The van der Waals surface area contributed by atoms with Crippen LogP contribution >= 0.6 is 0 Å². The number of aryl methyl sites for hydroxylation is 3. The third-order valence-electron chi connectivity index (χ3n) is 6.40. The maximum Gasteiger partial charge on any atom is 0.251 e. The second-order valence-corrected chi connectivity index (χ2v) is 9.91. The molecule has 0 bridgehead atoms. The van der Waals surface area contributed by atoms with Crippen molar-refractivity contribution in [2.24, 2.45) is 5.92 Å². The number of rotatable bonds is 8. The van der Waals surface area contributed by atoms with Gasteiger partial charge in [-0.3, -0.25) is 9.69 Å². The van der Waals surface area contributed by atoms with E-state index in [4.69, 9.17) is 4.42 Å². The molecule has 1 aliphatic rings. The minimum Gasteiger partial charge on any atom is -0.465 e. The van der Waals surface area contributed by atoms with E-state index >= 15 is 0 Å². The number of nitrogens with zero attached hydrogens (tertiary/aromatic N) is 4. The molecule has 0 unspecified atom stereocenters. The average molecular weight is 464 g/mol. The summed E-state index contributed by atoms with van der Waals surface area (Å²) in [5, 5.41) is 12.3. The molecular formula is C27H37N5O2. The van der Waals surface area contributed by atoms with E-state index in [-0.39, 0.29) is 11.9 Å². The highest BCUT2D eigenvalue weighted by Gasteiger charge is 2.26. The third-order valence-corrected chi connectivity index (χ3v) is 6.40. The van der Waals surface area contributed by atoms with E-state index < -0.39 is 0 Å². The lowest BCUT2D eigenvalue weighted by Crippen LogP contribution is -2.32. The predicted molar refractivity (Wildman–Crippen MR) is 133 cm³/mol. The van der Waals surface area contributed by atoms with Gasteiger partial charge in [0.15, 0.2) is 5.82 Å². The molecule has 1 aromatic carbocycles. The summed E-state index contributed by atoms with van der Waals surface area (Å²) in [6.07, 6.45) is 2.55. The van der Waals surface area contributed by atoms with Gasteiger partial charge in [0.1, 0.15) is 17.3 Å². The van der Waals surface area contributed by atoms with Crippen LogP contribution in [0.5, 0.6) is 0 Å².